The molecule has 1 aromatic rings. The molecule has 0 saturated carbocycles. The van der Waals surface area contributed by atoms with Crippen molar-refractivity contribution in [3.8, 4) is 0 Å². The maximum atomic E-state index is 11.8. The Morgan fingerprint density at radius 1 is 1.41 bits per heavy atom. The fourth-order valence-electron chi connectivity index (χ4n) is 1.13. The van der Waals surface area contributed by atoms with Gasteiger partial charge in [-0.05, 0) is 17.0 Å². The minimum absolute atomic E-state index is 0.187. The summed E-state index contributed by atoms with van der Waals surface area (Å²) in [6.07, 6.45) is -4.74. The van der Waals surface area contributed by atoms with Crippen LogP contribution >= 0.6 is 11.3 Å². The summed E-state index contributed by atoms with van der Waals surface area (Å²) in [6.45, 7) is -1.39. The molecule has 1 rings (SSSR count). The predicted molar refractivity (Wildman–Crippen MR) is 55.6 cm³/mol. The van der Waals surface area contributed by atoms with E-state index in [9.17, 15) is 22.8 Å². The van der Waals surface area contributed by atoms with Crippen LogP contribution in [0.25, 0.3) is 0 Å². The van der Waals surface area contributed by atoms with Crippen molar-refractivity contribution >= 4 is 23.2 Å². The lowest BCUT2D eigenvalue weighted by Gasteiger charge is -2.08. The van der Waals surface area contributed by atoms with Crippen molar-refractivity contribution in [2.75, 3.05) is 6.54 Å². The van der Waals surface area contributed by atoms with E-state index in [-0.39, 0.29) is 11.3 Å². The smallest absolute Gasteiger partial charge is 0.365 e. The standard InChI is InChI=1S/C9H9F3N2O2S/c10-9(11,12)4-14-6(15)3-5-1-2-17-7(5)8(13)16/h1-2H,3-4H2,(H2,13,16)(H,14,15). The maximum absolute atomic E-state index is 11.8. The van der Waals surface area contributed by atoms with Crippen LogP contribution in [0.15, 0.2) is 11.4 Å². The third-order valence-electron chi connectivity index (χ3n) is 1.81. The number of carbonyl (C=O) groups excluding carboxylic acids is 2. The topological polar surface area (TPSA) is 72.2 Å². The number of alkyl halides is 3. The van der Waals surface area contributed by atoms with Gasteiger partial charge in [0.05, 0.1) is 11.3 Å². The Kier molecular flexibility index (Phi) is 4.11. The highest BCUT2D eigenvalue weighted by molar-refractivity contribution is 7.12. The Bertz CT molecular complexity index is 428. The second kappa shape index (κ2) is 5.17. The number of amides is 2. The molecule has 0 atom stereocenters. The first kappa shape index (κ1) is 13.5. The van der Waals surface area contributed by atoms with Gasteiger partial charge in [0.1, 0.15) is 6.54 Å². The number of thiophene rings is 1. The summed E-state index contributed by atoms with van der Waals surface area (Å²) in [5, 5.41) is 3.26. The van der Waals surface area contributed by atoms with E-state index in [1.54, 1.807) is 10.7 Å². The van der Waals surface area contributed by atoms with Gasteiger partial charge < -0.3 is 11.1 Å². The lowest BCUT2D eigenvalue weighted by Crippen LogP contribution is -2.34. The molecule has 0 radical (unpaired) electrons. The zero-order valence-electron chi connectivity index (χ0n) is 8.50. The number of hydrogen-bond donors (Lipinski definition) is 2. The largest absolute Gasteiger partial charge is 0.405 e. The Hall–Kier alpha value is -1.57. The van der Waals surface area contributed by atoms with Crippen LogP contribution in [-0.2, 0) is 11.2 Å². The summed E-state index contributed by atoms with van der Waals surface area (Å²) in [5.41, 5.74) is 5.37. The van der Waals surface area contributed by atoms with Crippen LogP contribution in [0.4, 0.5) is 13.2 Å². The van der Waals surface area contributed by atoms with Crippen LogP contribution in [0.1, 0.15) is 15.2 Å². The molecule has 94 valence electrons. The molecule has 0 bridgehead atoms. The number of hydrogen-bond acceptors (Lipinski definition) is 3. The predicted octanol–water partition coefficient (Wildman–Crippen LogP) is 1.07. The van der Waals surface area contributed by atoms with Crippen LogP contribution in [0.3, 0.4) is 0 Å². The van der Waals surface area contributed by atoms with Gasteiger partial charge in [0.25, 0.3) is 5.91 Å². The lowest BCUT2D eigenvalue weighted by atomic mass is 10.2. The molecule has 0 fully saturated rings. The van der Waals surface area contributed by atoms with Gasteiger partial charge in [-0.15, -0.1) is 11.3 Å². The average molecular weight is 266 g/mol. The first-order valence-electron chi connectivity index (χ1n) is 4.49. The van der Waals surface area contributed by atoms with E-state index in [1.165, 1.54) is 6.07 Å². The van der Waals surface area contributed by atoms with Crippen molar-refractivity contribution in [2.24, 2.45) is 5.73 Å². The van der Waals surface area contributed by atoms with Gasteiger partial charge >= 0.3 is 6.18 Å². The molecule has 0 aliphatic rings. The molecule has 0 saturated heterocycles. The average Bonchev–Trinajstić information content (AvgIpc) is 2.62. The molecule has 1 heterocycles. The Balaban J connectivity index is 2.57. The van der Waals surface area contributed by atoms with E-state index in [2.05, 4.69) is 0 Å². The van der Waals surface area contributed by atoms with Crippen molar-refractivity contribution in [2.45, 2.75) is 12.6 Å². The number of nitrogens with one attached hydrogen (secondary N) is 1. The minimum Gasteiger partial charge on any atom is -0.365 e. The zero-order chi connectivity index (χ0) is 13.1. The van der Waals surface area contributed by atoms with Gasteiger partial charge in [-0.25, -0.2) is 0 Å². The van der Waals surface area contributed by atoms with Gasteiger partial charge in [0.2, 0.25) is 5.91 Å². The number of nitrogens with two attached hydrogens (primary N) is 1. The molecule has 8 heteroatoms. The molecular formula is C9H9F3N2O2S. The Labute approximate surface area is 98.6 Å². The van der Waals surface area contributed by atoms with E-state index in [4.69, 9.17) is 5.73 Å². The van der Waals surface area contributed by atoms with E-state index < -0.39 is 24.5 Å². The van der Waals surface area contributed by atoms with E-state index in [0.717, 1.165) is 11.3 Å². The molecule has 0 unspecified atom stereocenters. The number of primary amides is 1. The van der Waals surface area contributed by atoms with E-state index in [1.807, 2.05) is 0 Å². The number of carbonyl (C=O) groups is 2. The van der Waals surface area contributed by atoms with Crippen LogP contribution in [0, 0.1) is 0 Å². The van der Waals surface area contributed by atoms with Crippen molar-refractivity contribution in [3.05, 3.63) is 21.9 Å². The molecule has 17 heavy (non-hydrogen) atoms. The minimum atomic E-state index is -4.45. The Morgan fingerprint density at radius 3 is 2.59 bits per heavy atom. The zero-order valence-corrected chi connectivity index (χ0v) is 9.32. The van der Waals surface area contributed by atoms with Crippen LogP contribution in [-0.4, -0.2) is 24.5 Å². The molecule has 2 amide bonds. The van der Waals surface area contributed by atoms with Gasteiger partial charge in [-0.1, -0.05) is 0 Å². The van der Waals surface area contributed by atoms with Gasteiger partial charge in [0, 0.05) is 0 Å². The molecule has 0 aliphatic carbocycles. The highest BCUT2D eigenvalue weighted by Gasteiger charge is 2.27. The molecule has 4 nitrogen and oxygen atoms in total. The molecule has 0 aliphatic heterocycles. The third-order valence-corrected chi connectivity index (χ3v) is 2.78. The first-order valence-corrected chi connectivity index (χ1v) is 5.37. The van der Waals surface area contributed by atoms with Crippen LogP contribution < -0.4 is 11.1 Å². The summed E-state index contributed by atoms with van der Waals surface area (Å²) in [5.74, 6) is -1.50. The highest BCUT2D eigenvalue weighted by atomic mass is 32.1. The fraction of sp³-hybridized carbons (Fsp3) is 0.333. The summed E-state index contributed by atoms with van der Waals surface area (Å²) in [7, 11) is 0. The normalized spacial score (nSPS) is 11.2. The van der Waals surface area contributed by atoms with Crippen LogP contribution in [0.2, 0.25) is 0 Å². The number of rotatable bonds is 4. The third kappa shape index (κ3) is 4.43. The van der Waals surface area contributed by atoms with Crippen molar-refractivity contribution in [3.63, 3.8) is 0 Å². The fourth-order valence-corrected chi connectivity index (χ4v) is 1.90. The molecule has 3 N–H and O–H groups in total. The number of halogens is 3. The van der Waals surface area contributed by atoms with Gasteiger partial charge in [-0.2, -0.15) is 13.2 Å². The van der Waals surface area contributed by atoms with E-state index >= 15 is 0 Å². The maximum Gasteiger partial charge on any atom is 0.405 e. The summed E-state index contributed by atoms with van der Waals surface area (Å²) >= 11 is 1.05. The lowest BCUT2D eigenvalue weighted by molar-refractivity contribution is -0.138. The molecule has 0 aromatic carbocycles. The molecular weight excluding hydrogens is 257 g/mol. The molecule has 1 aromatic heterocycles. The van der Waals surface area contributed by atoms with E-state index in [0.29, 0.717) is 5.56 Å². The monoisotopic (exact) mass is 266 g/mol. The van der Waals surface area contributed by atoms with Crippen molar-refractivity contribution in [1.29, 1.82) is 0 Å². The van der Waals surface area contributed by atoms with Gasteiger partial charge in [0.15, 0.2) is 0 Å². The van der Waals surface area contributed by atoms with Crippen molar-refractivity contribution in [1.82, 2.24) is 5.32 Å². The summed E-state index contributed by atoms with van der Waals surface area (Å²) in [6, 6.07) is 1.48. The Morgan fingerprint density at radius 2 is 2.06 bits per heavy atom. The quantitative estimate of drug-likeness (QED) is 0.855. The summed E-state index contributed by atoms with van der Waals surface area (Å²) < 4.78 is 35.4. The first-order chi connectivity index (χ1) is 7.79. The second-order valence-corrected chi connectivity index (χ2v) is 4.12. The summed E-state index contributed by atoms with van der Waals surface area (Å²) in [4.78, 5) is 22.3. The van der Waals surface area contributed by atoms with Gasteiger partial charge in [-0.3, -0.25) is 9.59 Å². The SMILES string of the molecule is NC(=O)c1sccc1CC(=O)NCC(F)(F)F. The molecule has 0 spiro atoms. The van der Waals surface area contributed by atoms with Crippen molar-refractivity contribution < 1.29 is 22.8 Å². The highest BCUT2D eigenvalue weighted by Crippen LogP contribution is 2.17. The van der Waals surface area contributed by atoms with Crippen LogP contribution in [0.5, 0.6) is 0 Å². The second-order valence-electron chi connectivity index (χ2n) is 3.21.